The van der Waals surface area contributed by atoms with Crippen molar-refractivity contribution in [2.75, 3.05) is 5.73 Å². The Bertz CT molecular complexity index is 724. The number of hydrogen-bond donors (Lipinski definition) is 3. The van der Waals surface area contributed by atoms with E-state index in [1.807, 2.05) is 25.1 Å². The summed E-state index contributed by atoms with van der Waals surface area (Å²) in [5.74, 6) is -0.583. The SMILES string of the molecule is CC(=O)[OH2+].Cc1cnc(C=NNC(N)=S)c2cccc(N)c12.[Zn+2]. The Hall–Kier alpha value is -2.12. The Morgan fingerprint density at radius 2 is 2.09 bits per heavy atom. The van der Waals surface area contributed by atoms with Crippen LogP contribution in [0.5, 0.6) is 0 Å². The number of hydrazone groups is 1. The van der Waals surface area contributed by atoms with Gasteiger partial charge in [-0.3, -0.25) is 10.4 Å². The number of anilines is 1. The first-order valence-electron chi connectivity index (χ1n) is 6.27. The van der Waals surface area contributed by atoms with Crippen molar-refractivity contribution in [3.8, 4) is 0 Å². The van der Waals surface area contributed by atoms with Crippen LogP contribution in [0.15, 0.2) is 29.5 Å². The number of hydrogen-bond acceptors (Lipinski definition) is 5. The van der Waals surface area contributed by atoms with Crippen LogP contribution in [0.2, 0.25) is 0 Å². The van der Waals surface area contributed by atoms with Gasteiger partial charge < -0.3 is 16.6 Å². The van der Waals surface area contributed by atoms with E-state index in [-0.39, 0.29) is 24.6 Å². The summed E-state index contributed by atoms with van der Waals surface area (Å²) in [6, 6.07) is 5.70. The molecule has 0 bridgehead atoms. The van der Waals surface area contributed by atoms with Crippen molar-refractivity contribution >= 4 is 46.0 Å². The predicted octanol–water partition coefficient (Wildman–Crippen LogP) is 0.548. The second-order valence-corrected chi connectivity index (χ2v) is 4.83. The van der Waals surface area contributed by atoms with Crippen LogP contribution < -0.4 is 16.9 Å². The number of carbonyl (C=O) groups excluding carboxylic acids is 1. The molecule has 1 heterocycles. The van der Waals surface area contributed by atoms with Crippen molar-refractivity contribution < 1.29 is 29.4 Å². The van der Waals surface area contributed by atoms with Crippen LogP contribution in [-0.2, 0) is 24.3 Å². The van der Waals surface area contributed by atoms with Crippen molar-refractivity contribution in [1.29, 1.82) is 0 Å². The molecule has 0 aliphatic rings. The van der Waals surface area contributed by atoms with E-state index >= 15 is 0 Å². The van der Waals surface area contributed by atoms with E-state index in [0.717, 1.165) is 22.0 Å². The number of aromatic nitrogens is 1. The van der Waals surface area contributed by atoms with Crippen molar-refractivity contribution in [2.24, 2.45) is 10.8 Å². The molecule has 0 spiro atoms. The molecule has 23 heavy (non-hydrogen) atoms. The normalized spacial score (nSPS) is 9.65. The van der Waals surface area contributed by atoms with Gasteiger partial charge in [0.15, 0.2) is 5.11 Å². The van der Waals surface area contributed by atoms with Gasteiger partial charge in [-0.1, -0.05) is 12.1 Å². The molecule has 0 fully saturated rings. The summed E-state index contributed by atoms with van der Waals surface area (Å²) in [7, 11) is 0. The molecule has 1 aromatic heterocycles. The van der Waals surface area contributed by atoms with Crippen molar-refractivity contribution in [2.45, 2.75) is 13.8 Å². The molecular weight excluding hydrogens is 368 g/mol. The van der Waals surface area contributed by atoms with Gasteiger partial charge in [0, 0.05) is 27.5 Å². The Morgan fingerprint density at radius 1 is 1.48 bits per heavy atom. The standard InChI is InChI=1S/C12H13N5S.C2H4O2.Zn/c1-7-5-15-10(6-16-17-12(14)18)8-3-2-4-9(13)11(7)8;1-2(3)4;/h2-6H,13H2,1H3,(H3,14,17,18);1H3,(H,3,4);/q;;+2/p+1. The van der Waals surface area contributed by atoms with Crippen molar-refractivity contribution in [3.05, 3.63) is 35.7 Å². The number of nitrogens with one attached hydrogen (secondary N) is 1. The average Bonchev–Trinajstić information content (AvgIpc) is 2.40. The number of rotatable bonds is 2. The van der Waals surface area contributed by atoms with Gasteiger partial charge in [-0.15, -0.1) is 0 Å². The second kappa shape index (κ2) is 9.81. The fraction of sp³-hybridized carbons (Fsp3) is 0.143. The van der Waals surface area contributed by atoms with E-state index in [9.17, 15) is 0 Å². The van der Waals surface area contributed by atoms with Crippen LogP contribution in [0.4, 0.5) is 5.69 Å². The van der Waals surface area contributed by atoms with E-state index in [1.54, 1.807) is 12.4 Å². The molecule has 0 radical (unpaired) electrons. The van der Waals surface area contributed by atoms with Gasteiger partial charge in [-0.2, -0.15) is 5.10 Å². The summed E-state index contributed by atoms with van der Waals surface area (Å²) in [5, 5.41) is 11.9. The molecule has 7 N–H and O–H groups in total. The number of fused-ring (bicyclic) bond motifs is 1. The Labute approximate surface area is 151 Å². The monoisotopic (exact) mass is 384 g/mol. The number of thiocarbonyl (C=S) groups is 1. The van der Waals surface area contributed by atoms with E-state index < -0.39 is 5.97 Å². The number of benzene rings is 1. The number of aryl methyl sites for hydroxylation is 1. The Kier molecular flexibility index (Phi) is 8.91. The van der Waals surface area contributed by atoms with Gasteiger partial charge in [-0.25, -0.2) is 0 Å². The van der Waals surface area contributed by atoms with Gasteiger partial charge in [0.05, 0.1) is 18.8 Å². The predicted molar refractivity (Wildman–Crippen MR) is 92.7 cm³/mol. The minimum Gasteiger partial charge on any atom is -0.565 e. The van der Waals surface area contributed by atoms with E-state index in [1.165, 1.54) is 6.92 Å². The van der Waals surface area contributed by atoms with Crippen LogP contribution in [0.25, 0.3) is 10.8 Å². The molecule has 0 unspecified atom stereocenters. The third-order valence-electron chi connectivity index (χ3n) is 2.53. The van der Waals surface area contributed by atoms with Gasteiger partial charge in [0.25, 0.3) is 0 Å². The summed E-state index contributed by atoms with van der Waals surface area (Å²) >= 11 is 4.66. The maximum atomic E-state index is 9.11. The number of pyridine rings is 1. The quantitative estimate of drug-likeness (QED) is 0.173. The first-order chi connectivity index (χ1) is 10.3. The van der Waals surface area contributed by atoms with Gasteiger partial charge in [0.1, 0.15) is 0 Å². The number of nitrogens with zero attached hydrogens (tertiary/aromatic N) is 2. The molecule has 2 aromatic rings. The summed E-state index contributed by atoms with van der Waals surface area (Å²) < 4.78 is 0. The largest absolute Gasteiger partial charge is 2.00 e. The average molecular weight is 386 g/mol. The minimum absolute atomic E-state index is 0. The van der Waals surface area contributed by atoms with E-state index in [0.29, 0.717) is 5.69 Å². The molecule has 0 saturated heterocycles. The third kappa shape index (κ3) is 6.67. The van der Waals surface area contributed by atoms with Crippen LogP contribution in [0.3, 0.4) is 0 Å². The molecule has 7 nitrogen and oxygen atoms in total. The number of carbonyl (C=O) groups is 1. The zero-order chi connectivity index (χ0) is 16.7. The molecule has 0 atom stereocenters. The summed E-state index contributed by atoms with van der Waals surface area (Å²) in [4.78, 5) is 13.4. The third-order valence-corrected chi connectivity index (χ3v) is 2.62. The molecule has 0 amide bonds. The molecule has 0 aliphatic carbocycles. The van der Waals surface area contributed by atoms with Crippen molar-refractivity contribution in [3.63, 3.8) is 0 Å². The second-order valence-electron chi connectivity index (χ2n) is 4.39. The topological polar surface area (TPSA) is 129 Å². The number of nitrogen functional groups attached to an aromatic ring is 1. The first kappa shape index (κ1) is 20.9. The Balaban J connectivity index is 0.000000871. The summed E-state index contributed by atoms with van der Waals surface area (Å²) in [6.45, 7) is 3.17. The molecular formula is C14H18N5O2SZn+3. The van der Waals surface area contributed by atoms with Gasteiger partial charge in [0.2, 0.25) is 0 Å². The molecule has 0 aliphatic heterocycles. The smallest absolute Gasteiger partial charge is 0.565 e. The molecule has 0 saturated carbocycles. The summed E-state index contributed by atoms with van der Waals surface area (Å²) in [6.07, 6.45) is 3.33. The maximum Gasteiger partial charge on any atom is 2.00 e. The van der Waals surface area contributed by atoms with Crippen molar-refractivity contribution in [1.82, 2.24) is 10.4 Å². The molecule has 116 valence electrons. The molecule has 9 heteroatoms. The number of nitrogens with two attached hydrogens (primary N) is 2. The van der Waals surface area contributed by atoms with Crippen LogP contribution in [-0.4, -0.2) is 27.4 Å². The molecule has 1 aromatic carbocycles. The Morgan fingerprint density at radius 3 is 2.65 bits per heavy atom. The molecule has 2 rings (SSSR count). The fourth-order valence-electron chi connectivity index (χ4n) is 1.78. The van der Waals surface area contributed by atoms with Gasteiger partial charge >= 0.3 is 25.4 Å². The van der Waals surface area contributed by atoms with Crippen LogP contribution in [0, 0.1) is 6.92 Å². The fourth-order valence-corrected chi connectivity index (χ4v) is 1.84. The maximum absolute atomic E-state index is 9.11. The zero-order valence-corrected chi connectivity index (χ0v) is 16.7. The van der Waals surface area contributed by atoms with Crippen LogP contribution in [0.1, 0.15) is 18.2 Å². The summed E-state index contributed by atoms with van der Waals surface area (Å²) in [5.41, 5.74) is 16.2. The van der Waals surface area contributed by atoms with E-state index in [4.69, 9.17) is 21.4 Å². The zero-order valence-electron chi connectivity index (χ0n) is 13.0. The first-order valence-corrected chi connectivity index (χ1v) is 6.68. The van der Waals surface area contributed by atoms with Gasteiger partial charge in [-0.05, 0) is 30.8 Å². The van der Waals surface area contributed by atoms with Crippen LogP contribution >= 0.6 is 12.2 Å². The van der Waals surface area contributed by atoms with E-state index in [2.05, 4.69) is 27.7 Å². The minimum atomic E-state index is -0.583.